The third-order valence-corrected chi connectivity index (χ3v) is 2.82. The van der Waals surface area contributed by atoms with Gasteiger partial charge in [0.05, 0.1) is 0 Å². The third-order valence-electron chi connectivity index (χ3n) is 2.82. The Balaban J connectivity index is 2.13. The van der Waals surface area contributed by atoms with E-state index >= 15 is 0 Å². The Morgan fingerprint density at radius 3 is 1.94 bits per heavy atom. The maximum absolute atomic E-state index is 9.19. The molecule has 0 spiro atoms. The Labute approximate surface area is 107 Å². The molecule has 0 unspecified atom stereocenters. The predicted octanol–water partition coefficient (Wildman–Crippen LogP) is 4.61. The summed E-state index contributed by atoms with van der Waals surface area (Å²) in [5, 5.41) is 9.19. The summed E-state index contributed by atoms with van der Waals surface area (Å²) < 4.78 is 5.67. The fraction of sp³-hybridized carbons (Fsp3) is 0.125. The highest BCUT2D eigenvalue weighted by atomic mass is 16.5. The number of phenolic OH excluding ortho intramolecular Hbond substituents is 1. The van der Waals surface area contributed by atoms with Crippen molar-refractivity contribution in [1.82, 2.24) is 0 Å². The Morgan fingerprint density at radius 2 is 1.44 bits per heavy atom. The van der Waals surface area contributed by atoms with Crippen molar-refractivity contribution in [3.63, 3.8) is 0 Å². The SMILES string of the molecule is CC=C(C)c1ccc(Oc2ccc(O)cc2)cc1. The maximum Gasteiger partial charge on any atom is 0.127 e. The fourth-order valence-corrected chi connectivity index (χ4v) is 1.60. The molecule has 18 heavy (non-hydrogen) atoms. The Bertz CT molecular complexity index is 536. The van der Waals surface area contributed by atoms with Crippen molar-refractivity contribution in [2.45, 2.75) is 13.8 Å². The van der Waals surface area contributed by atoms with Gasteiger partial charge in [-0.3, -0.25) is 0 Å². The molecule has 0 saturated heterocycles. The van der Waals surface area contributed by atoms with Crippen molar-refractivity contribution in [2.75, 3.05) is 0 Å². The van der Waals surface area contributed by atoms with Gasteiger partial charge in [-0.15, -0.1) is 0 Å². The zero-order valence-electron chi connectivity index (χ0n) is 10.6. The first-order chi connectivity index (χ1) is 8.69. The molecule has 2 rings (SSSR count). The Kier molecular flexibility index (Phi) is 3.68. The first-order valence-corrected chi connectivity index (χ1v) is 5.89. The molecule has 2 heteroatoms. The number of hydrogen-bond acceptors (Lipinski definition) is 2. The van der Waals surface area contributed by atoms with Crippen LogP contribution >= 0.6 is 0 Å². The summed E-state index contributed by atoms with van der Waals surface area (Å²) in [6, 6.07) is 14.6. The molecular formula is C16H16O2. The molecule has 0 aliphatic carbocycles. The van der Waals surface area contributed by atoms with Gasteiger partial charge in [0, 0.05) is 0 Å². The van der Waals surface area contributed by atoms with Gasteiger partial charge in [0.25, 0.3) is 0 Å². The lowest BCUT2D eigenvalue weighted by Crippen LogP contribution is -1.85. The van der Waals surface area contributed by atoms with Gasteiger partial charge in [-0.1, -0.05) is 18.2 Å². The van der Waals surface area contributed by atoms with Crippen molar-refractivity contribution in [3.05, 3.63) is 60.2 Å². The molecule has 0 amide bonds. The number of hydrogen-bond donors (Lipinski definition) is 1. The number of benzene rings is 2. The van der Waals surface area contributed by atoms with E-state index in [4.69, 9.17) is 4.74 Å². The van der Waals surface area contributed by atoms with Gasteiger partial charge >= 0.3 is 0 Å². The molecule has 0 bridgehead atoms. The molecule has 0 atom stereocenters. The maximum atomic E-state index is 9.19. The molecule has 2 aromatic carbocycles. The minimum Gasteiger partial charge on any atom is -0.508 e. The topological polar surface area (TPSA) is 29.5 Å². The van der Waals surface area contributed by atoms with Crippen LogP contribution in [0, 0.1) is 0 Å². The van der Waals surface area contributed by atoms with Crippen molar-refractivity contribution in [1.29, 1.82) is 0 Å². The van der Waals surface area contributed by atoms with Crippen LogP contribution in [0.15, 0.2) is 54.6 Å². The van der Waals surface area contributed by atoms with Gasteiger partial charge in [-0.25, -0.2) is 0 Å². The number of allylic oxidation sites excluding steroid dienone is 2. The standard InChI is InChI=1S/C16H16O2/c1-3-12(2)13-4-8-15(9-5-13)18-16-10-6-14(17)7-11-16/h3-11,17H,1-2H3. The summed E-state index contributed by atoms with van der Waals surface area (Å²) in [6.45, 7) is 4.10. The van der Waals surface area contributed by atoms with Crippen LogP contribution < -0.4 is 4.74 Å². The van der Waals surface area contributed by atoms with Gasteiger partial charge in [-0.2, -0.15) is 0 Å². The van der Waals surface area contributed by atoms with E-state index in [-0.39, 0.29) is 5.75 Å². The van der Waals surface area contributed by atoms with Crippen molar-refractivity contribution in [2.24, 2.45) is 0 Å². The lowest BCUT2D eigenvalue weighted by molar-refractivity contribution is 0.464. The summed E-state index contributed by atoms with van der Waals surface area (Å²) in [4.78, 5) is 0. The summed E-state index contributed by atoms with van der Waals surface area (Å²) in [5.41, 5.74) is 2.43. The average Bonchev–Trinajstić information content (AvgIpc) is 2.41. The third kappa shape index (κ3) is 2.92. The largest absolute Gasteiger partial charge is 0.508 e. The second-order valence-corrected chi connectivity index (χ2v) is 4.09. The molecule has 0 saturated carbocycles. The highest BCUT2D eigenvalue weighted by Gasteiger charge is 1.99. The minimum atomic E-state index is 0.237. The Morgan fingerprint density at radius 1 is 0.944 bits per heavy atom. The molecule has 92 valence electrons. The number of ether oxygens (including phenoxy) is 1. The fourth-order valence-electron chi connectivity index (χ4n) is 1.60. The van der Waals surface area contributed by atoms with E-state index in [1.165, 1.54) is 11.1 Å². The second kappa shape index (κ2) is 5.41. The summed E-state index contributed by atoms with van der Waals surface area (Å²) >= 11 is 0. The molecule has 0 heterocycles. The molecule has 0 aliphatic heterocycles. The van der Waals surface area contributed by atoms with Crippen LogP contribution in [0.3, 0.4) is 0 Å². The van der Waals surface area contributed by atoms with Crippen LogP contribution in [-0.4, -0.2) is 5.11 Å². The van der Waals surface area contributed by atoms with Crippen LogP contribution in [0.4, 0.5) is 0 Å². The van der Waals surface area contributed by atoms with E-state index in [0.29, 0.717) is 5.75 Å². The second-order valence-electron chi connectivity index (χ2n) is 4.09. The lowest BCUT2D eigenvalue weighted by atomic mass is 10.1. The normalized spacial score (nSPS) is 11.3. The van der Waals surface area contributed by atoms with E-state index in [1.807, 2.05) is 31.2 Å². The molecule has 1 N–H and O–H groups in total. The van der Waals surface area contributed by atoms with Gasteiger partial charge in [0.1, 0.15) is 17.2 Å². The average molecular weight is 240 g/mol. The summed E-state index contributed by atoms with van der Waals surface area (Å²) in [6.07, 6.45) is 2.08. The monoisotopic (exact) mass is 240 g/mol. The number of aromatic hydroxyl groups is 1. The molecular weight excluding hydrogens is 224 g/mol. The van der Waals surface area contributed by atoms with Crippen LogP contribution in [0.25, 0.3) is 5.57 Å². The minimum absolute atomic E-state index is 0.237. The van der Waals surface area contributed by atoms with E-state index in [2.05, 4.69) is 13.0 Å². The Hall–Kier alpha value is -2.22. The van der Waals surface area contributed by atoms with Crippen LogP contribution in [0.5, 0.6) is 17.2 Å². The molecule has 2 nitrogen and oxygen atoms in total. The predicted molar refractivity (Wildman–Crippen MR) is 73.9 cm³/mol. The molecule has 0 radical (unpaired) electrons. The molecule has 0 aliphatic rings. The van der Waals surface area contributed by atoms with Crippen LogP contribution in [0.2, 0.25) is 0 Å². The van der Waals surface area contributed by atoms with E-state index < -0.39 is 0 Å². The summed E-state index contributed by atoms with van der Waals surface area (Å²) in [5.74, 6) is 1.73. The quantitative estimate of drug-likeness (QED) is 0.849. The summed E-state index contributed by atoms with van der Waals surface area (Å²) in [7, 11) is 0. The zero-order valence-corrected chi connectivity index (χ0v) is 10.6. The smallest absolute Gasteiger partial charge is 0.127 e. The molecule has 2 aromatic rings. The molecule has 0 fully saturated rings. The highest BCUT2D eigenvalue weighted by Crippen LogP contribution is 2.25. The van der Waals surface area contributed by atoms with Crippen molar-refractivity contribution >= 4 is 5.57 Å². The highest BCUT2D eigenvalue weighted by molar-refractivity contribution is 5.63. The van der Waals surface area contributed by atoms with E-state index in [9.17, 15) is 5.11 Å². The van der Waals surface area contributed by atoms with Gasteiger partial charge in [0.2, 0.25) is 0 Å². The van der Waals surface area contributed by atoms with Crippen molar-refractivity contribution < 1.29 is 9.84 Å². The van der Waals surface area contributed by atoms with Gasteiger partial charge in [-0.05, 0) is 61.4 Å². The van der Waals surface area contributed by atoms with Gasteiger partial charge < -0.3 is 9.84 Å². The van der Waals surface area contributed by atoms with Gasteiger partial charge in [0.15, 0.2) is 0 Å². The van der Waals surface area contributed by atoms with E-state index in [1.54, 1.807) is 24.3 Å². The number of phenols is 1. The van der Waals surface area contributed by atoms with Crippen molar-refractivity contribution in [3.8, 4) is 17.2 Å². The zero-order chi connectivity index (χ0) is 13.0. The lowest BCUT2D eigenvalue weighted by Gasteiger charge is -2.07. The van der Waals surface area contributed by atoms with Crippen LogP contribution in [-0.2, 0) is 0 Å². The molecule has 0 aromatic heterocycles. The number of rotatable bonds is 3. The first kappa shape index (κ1) is 12.2. The van der Waals surface area contributed by atoms with Crippen LogP contribution in [0.1, 0.15) is 19.4 Å². The first-order valence-electron chi connectivity index (χ1n) is 5.89. The van der Waals surface area contributed by atoms with E-state index in [0.717, 1.165) is 5.75 Å².